The number of hydrogen-bond acceptors (Lipinski definition) is 8. The lowest BCUT2D eigenvalue weighted by molar-refractivity contribution is -0.139. The number of carbonyl (C=O) groups excluding carboxylic acids is 1. The first-order valence-electron chi connectivity index (χ1n) is 12.8. The molecule has 0 radical (unpaired) electrons. The Bertz CT molecular complexity index is 1610. The van der Waals surface area contributed by atoms with E-state index < -0.39 is 12.0 Å². The van der Waals surface area contributed by atoms with E-state index in [1.807, 2.05) is 75.3 Å². The van der Waals surface area contributed by atoms with Crippen molar-refractivity contribution in [3.8, 4) is 11.5 Å². The molecule has 10 heteroatoms. The summed E-state index contributed by atoms with van der Waals surface area (Å²) in [5, 5.41) is 0. The number of fused-ring (bicyclic) bond motifs is 1. The molecule has 0 saturated carbocycles. The first-order chi connectivity index (χ1) is 18.7. The second-order valence-electron chi connectivity index (χ2n) is 8.98. The summed E-state index contributed by atoms with van der Waals surface area (Å²) in [4.78, 5) is 34.3. The number of esters is 1. The van der Waals surface area contributed by atoms with Gasteiger partial charge in [-0.05, 0) is 85.1 Å². The molecule has 0 bridgehead atoms. The average Bonchev–Trinajstić information content (AvgIpc) is 3.18. The topological polar surface area (TPSA) is 82.4 Å². The van der Waals surface area contributed by atoms with Gasteiger partial charge in [0.25, 0.3) is 5.56 Å². The fourth-order valence-electron chi connectivity index (χ4n) is 4.47. The Hall–Kier alpha value is -3.37. The van der Waals surface area contributed by atoms with E-state index in [2.05, 4.69) is 20.9 Å². The predicted octanol–water partition coefficient (Wildman–Crippen LogP) is 4.42. The first kappa shape index (κ1) is 28.6. The van der Waals surface area contributed by atoms with Crippen molar-refractivity contribution in [3.63, 3.8) is 0 Å². The van der Waals surface area contributed by atoms with E-state index in [1.165, 1.54) is 11.3 Å². The lowest BCUT2D eigenvalue weighted by Gasteiger charge is -2.25. The van der Waals surface area contributed by atoms with Crippen LogP contribution in [0, 0.1) is 0 Å². The summed E-state index contributed by atoms with van der Waals surface area (Å²) in [5.74, 6) is 0.636. The van der Waals surface area contributed by atoms with Gasteiger partial charge in [-0.2, -0.15) is 0 Å². The Labute approximate surface area is 240 Å². The zero-order valence-corrected chi connectivity index (χ0v) is 25.3. The van der Waals surface area contributed by atoms with Crippen LogP contribution in [0.3, 0.4) is 0 Å². The normalized spacial score (nSPS) is 15.1. The van der Waals surface area contributed by atoms with E-state index in [-0.39, 0.29) is 12.2 Å². The van der Waals surface area contributed by atoms with Crippen molar-refractivity contribution >= 4 is 45.0 Å². The van der Waals surface area contributed by atoms with Gasteiger partial charge in [0.2, 0.25) is 0 Å². The molecular formula is C29H32BrN3O5S. The van der Waals surface area contributed by atoms with Gasteiger partial charge in [-0.15, -0.1) is 0 Å². The third-order valence-corrected chi connectivity index (χ3v) is 7.77. The van der Waals surface area contributed by atoms with Crippen LogP contribution in [0.15, 0.2) is 61.9 Å². The van der Waals surface area contributed by atoms with Crippen molar-refractivity contribution in [2.45, 2.75) is 33.7 Å². The molecule has 0 aliphatic carbocycles. The third kappa shape index (κ3) is 5.81. The van der Waals surface area contributed by atoms with Gasteiger partial charge in [0.15, 0.2) is 16.3 Å². The quantitative estimate of drug-likeness (QED) is 0.332. The second-order valence-corrected chi connectivity index (χ2v) is 10.8. The molecule has 0 fully saturated rings. The number of anilines is 1. The number of benzene rings is 2. The Kier molecular flexibility index (Phi) is 8.97. The standard InChI is InChI=1S/C29H32BrN3O5S/c1-7-36-22-13-11-19(16-23(22)37-8-2)26-25(28(35)38-9-3)17(4)31-29-33(26)27(34)24(39-29)15-18-10-12-21(32(5)6)20(30)14-18/h10-16,26H,7-9H2,1-6H3/b24-15-/t26-/m1/s1. The lowest BCUT2D eigenvalue weighted by atomic mass is 9.95. The van der Waals surface area contributed by atoms with Gasteiger partial charge in [-0.1, -0.05) is 23.5 Å². The Morgan fingerprint density at radius 2 is 1.79 bits per heavy atom. The van der Waals surface area contributed by atoms with Crippen LogP contribution in [0.25, 0.3) is 6.08 Å². The lowest BCUT2D eigenvalue weighted by Crippen LogP contribution is -2.40. The summed E-state index contributed by atoms with van der Waals surface area (Å²) in [7, 11) is 3.94. The molecule has 1 aliphatic rings. The molecule has 8 nitrogen and oxygen atoms in total. The highest BCUT2D eigenvalue weighted by Gasteiger charge is 2.34. The van der Waals surface area contributed by atoms with Crippen molar-refractivity contribution < 1.29 is 19.0 Å². The van der Waals surface area contributed by atoms with E-state index in [0.29, 0.717) is 50.9 Å². The molecule has 1 aromatic heterocycles. The largest absolute Gasteiger partial charge is 0.490 e. The van der Waals surface area contributed by atoms with Crippen molar-refractivity contribution in [1.82, 2.24) is 4.57 Å². The van der Waals surface area contributed by atoms with Gasteiger partial charge in [0.1, 0.15) is 0 Å². The maximum atomic E-state index is 13.9. The number of hydrogen-bond donors (Lipinski definition) is 0. The highest BCUT2D eigenvalue weighted by atomic mass is 79.9. The summed E-state index contributed by atoms with van der Waals surface area (Å²) in [5.41, 5.74) is 3.19. The summed E-state index contributed by atoms with van der Waals surface area (Å²) >= 11 is 4.91. The van der Waals surface area contributed by atoms with Crippen LogP contribution in [-0.2, 0) is 9.53 Å². The van der Waals surface area contributed by atoms with Crippen LogP contribution in [0.1, 0.15) is 44.9 Å². The van der Waals surface area contributed by atoms with E-state index in [0.717, 1.165) is 15.7 Å². The van der Waals surface area contributed by atoms with Crippen LogP contribution in [0.5, 0.6) is 11.5 Å². The highest BCUT2D eigenvalue weighted by Crippen LogP contribution is 2.36. The molecule has 1 aliphatic heterocycles. The molecule has 2 heterocycles. The van der Waals surface area contributed by atoms with Crippen LogP contribution in [0.4, 0.5) is 5.69 Å². The molecule has 206 valence electrons. The van der Waals surface area contributed by atoms with Gasteiger partial charge in [-0.25, -0.2) is 9.79 Å². The molecule has 0 N–H and O–H groups in total. The summed E-state index contributed by atoms with van der Waals surface area (Å²) in [6, 6.07) is 10.7. The van der Waals surface area contributed by atoms with Gasteiger partial charge in [0.05, 0.1) is 47.4 Å². The molecule has 39 heavy (non-hydrogen) atoms. The number of thiazole rings is 1. The summed E-state index contributed by atoms with van der Waals surface area (Å²) in [6.45, 7) is 8.44. The Balaban J connectivity index is 1.93. The maximum Gasteiger partial charge on any atom is 0.338 e. The second kappa shape index (κ2) is 12.2. The minimum atomic E-state index is -0.736. The van der Waals surface area contributed by atoms with Crippen LogP contribution in [0.2, 0.25) is 0 Å². The number of halogens is 1. The van der Waals surface area contributed by atoms with Gasteiger partial charge >= 0.3 is 5.97 Å². The first-order valence-corrected chi connectivity index (χ1v) is 14.4. The number of nitrogens with zero attached hydrogens (tertiary/aromatic N) is 3. The highest BCUT2D eigenvalue weighted by molar-refractivity contribution is 9.10. The molecule has 0 saturated heterocycles. The van der Waals surface area contributed by atoms with Crippen molar-refractivity contribution in [2.24, 2.45) is 4.99 Å². The maximum absolute atomic E-state index is 13.9. The molecule has 0 amide bonds. The van der Waals surface area contributed by atoms with Crippen LogP contribution < -0.4 is 29.3 Å². The van der Waals surface area contributed by atoms with Crippen molar-refractivity contribution in [1.29, 1.82) is 0 Å². The molecule has 2 aromatic carbocycles. The van der Waals surface area contributed by atoms with E-state index in [4.69, 9.17) is 14.2 Å². The molecule has 3 aromatic rings. The molecular weight excluding hydrogens is 582 g/mol. The monoisotopic (exact) mass is 613 g/mol. The van der Waals surface area contributed by atoms with Crippen molar-refractivity contribution in [2.75, 3.05) is 38.8 Å². The third-order valence-electron chi connectivity index (χ3n) is 6.15. The van der Waals surface area contributed by atoms with E-state index in [1.54, 1.807) is 18.4 Å². The zero-order chi connectivity index (χ0) is 28.3. The van der Waals surface area contributed by atoms with Gasteiger partial charge in [-0.3, -0.25) is 9.36 Å². The number of ether oxygens (including phenoxy) is 3. The number of carbonyl (C=O) groups is 1. The summed E-state index contributed by atoms with van der Waals surface area (Å²) < 4.78 is 20.0. The zero-order valence-electron chi connectivity index (χ0n) is 22.9. The van der Waals surface area contributed by atoms with Gasteiger partial charge < -0.3 is 19.1 Å². The Morgan fingerprint density at radius 1 is 1.08 bits per heavy atom. The number of aromatic nitrogens is 1. The number of allylic oxidation sites excluding steroid dienone is 1. The fraction of sp³-hybridized carbons (Fsp3) is 0.345. The molecule has 0 unspecified atom stereocenters. The minimum Gasteiger partial charge on any atom is -0.490 e. The van der Waals surface area contributed by atoms with E-state index >= 15 is 0 Å². The smallest absolute Gasteiger partial charge is 0.338 e. The average molecular weight is 615 g/mol. The van der Waals surface area contributed by atoms with Crippen molar-refractivity contribution in [3.05, 3.63) is 83.0 Å². The van der Waals surface area contributed by atoms with E-state index in [9.17, 15) is 9.59 Å². The molecule has 4 rings (SSSR count). The van der Waals surface area contributed by atoms with Gasteiger partial charge in [0, 0.05) is 18.6 Å². The van der Waals surface area contributed by atoms with Crippen LogP contribution >= 0.6 is 27.3 Å². The summed E-state index contributed by atoms with van der Waals surface area (Å²) in [6.07, 6.45) is 1.85. The predicted molar refractivity (Wildman–Crippen MR) is 158 cm³/mol. The molecule has 0 spiro atoms. The Morgan fingerprint density at radius 3 is 2.44 bits per heavy atom. The minimum absolute atomic E-state index is 0.206. The van der Waals surface area contributed by atoms with Crippen LogP contribution in [-0.4, -0.2) is 44.5 Å². The fourth-order valence-corrected chi connectivity index (χ4v) is 6.27. The SMILES string of the molecule is CCOC(=O)C1=C(C)N=c2s/c(=C\c3ccc(N(C)C)c(Br)c3)c(=O)n2[C@@H]1c1ccc(OCC)c(OCC)c1. The number of rotatable bonds is 9. The molecule has 1 atom stereocenters.